The predicted molar refractivity (Wildman–Crippen MR) is 109 cm³/mol. The molecular formula is C22H28N4O2. The fraction of sp³-hybridized carbons (Fsp3) is 0.409. The maximum atomic E-state index is 12.8. The van der Waals surface area contributed by atoms with Crippen molar-refractivity contribution >= 4 is 11.9 Å². The van der Waals surface area contributed by atoms with Crippen molar-refractivity contribution in [2.45, 2.75) is 44.2 Å². The van der Waals surface area contributed by atoms with E-state index in [4.69, 9.17) is 0 Å². The van der Waals surface area contributed by atoms with Crippen LogP contribution in [0.2, 0.25) is 0 Å². The molecule has 0 bridgehead atoms. The summed E-state index contributed by atoms with van der Waals surface area (Å²) in [6.45, 7) is -0.0504. The lowest BCUT2D eigenvalue weighted by Gasteiger charge is -2.29. The van der Waals surface area contributed by atoms with Crippen LogP contribution in [0.25, 0.3) is 0 Å². The summed E-state index contributed by atoms with van der Waals surface area (Å²) in [5, 5.41) is 5.68. The van der Waals surface area contributed by atoms with Gasteiger partial charge in [-0.05, 0) is 30.5 Å². The van der Waals surface area contributed by atoms with E-state index in [1.165, 1.54) is 6.42 Å². The second kappa shape index (κ2) is 9.88. The summed E-state index contributed by atoms with van der Waals surface area (Å²) in [6.07, 6.45) is 7.27. The molecule has 0 spiro atoms. The van der Waals surface area contributed by atoms with Crippen molar-refractivity contribution < 1.29 is 9.59 Å². The first-order chi connectivity index (χ1) is 13.6. The zero-order valence-electron chi connectivity index (χ0n) is 16.3. The lowest BCUT2D eigenvalue weighted by Crippen LogP contribution is -2.47. The van der Waals surface area contributed by atoms with E-state index in [9.17, 15) is 9.59 Å². The number of amides is 3. The lowest BCUT2D eigenvalue weighted by atomic mass is 9.96. The molecular weight excluding hydrogens is 352 g/mol. The van der Waals surface area contributed by atoms with E-state index >= 15 is 0 Å². The third-order valence-electron chi connectivity index (χ3n) is 5.20. The Balaban J connectivity index is 1.62. The second-order valence-corrected chi connectivity index (χ2v) is 7.23. The zero-order valence-corrected chi connectivity index (χ0v) is 16.3. The van der Waals surface area contributed by atoms with Gasteiger partial charge in [-0.15, -0.1) is 0 Å². The zero-order chi connectivity index (χ0) is 19.8. The largest absolute Gasteiger partial charge is 0.335 e. The minimum absolute atomic E-state index is 0.0504. The van der Waals surface area contributed by atoms with Crippen molar-refractivity contribution in [2.24, 2.45) is 0 Å². The van der Waals surface area contributed by atoms with Crippen molar-refractivity contribution in [3.05, 3.63) is 66.0 Å². The summed E-state index contributed by atoms with van der Waals surface area (Å²) >= 11 is 0. The van der Waals surface area contributed by atoms with Crippen LogP contribution in [0.1, 0.15) is 49.4 Å². The van der Waals surface area contributed by atoms with Gasteiger partial charge in [0.2, 0.25) is 5.91 Å². The highest BCUT2D eigenvalue weighted by atomic mass is 16.2. The molecule has 2 aromatic rings. The Kier molecular flexibility index (Phi) is 7.00. The summed E-state index contributed by atoms with van der Waals surface area (Å²) in [4.78, 5) is 31.0. The molecule has 6 nitrogen and oxygen atoms in total. The molecule has 1 atom stereocenters. The number of nitrogens with zero attached hydrogens (tertiary/aromatic N) is 2. The maximum absolute atomic E-state index is 12.8. The van der Waals surface area contributed by atoms with Gasteiger partial charge in [0.25, 0.3) is 0 Å². The molecule has 0 saturated heterocycles. The van der Waals surface area contributed by atoms with Gasteiger partial charge in [0, 0.05) is 19.3 Å². The van der Waals surface area contributed by atoms with E-state index in [1.807, 2.05) is 48.5 Å². The molecule has 1 aliphatic carbocycles. The molecule has 1 saturated carbocycles. The highest BCUT2D eigenvalue weighted by Gasteiger charge is 2.25. The molecule has 1 aromatic carbocycles. The fourth-order valence-corrected chi connectivity index (χ4v) is 3.67. The van der Waals surface area contributed by atoms with Gasteiger partial charge >= 0.3 is 6.03 Å². The van der Waals surface area contributed by atoms with Crippen LogP contribution in [0.3, 0.4) is 0 Å². The summed E-state index contributed by atoms with van der Waals surface area (Å²) < 4.78 is 0. The maximum Gasteiger partial charge on any atom is 0.315 e. The van der Waals surface area contributed by atoms with Crippen LogP contribution in [0.15, 0.2) is 54.7 Å². The monoisotopic (exact) mass is 380 g/mol. The third kappa shape index (κ3) is 5.31. The molecule has 1 fully saturated rings. The number of urea groups is 1. The Morgan fingerprint density at radius 2 is 1.79 bits per heavy atom. The Morgan fingerprint density at radius 1 is 1.07 bits per heavy atom. The van der Waals surface area contributed by atoms with Crippen molar-refractivity contribution in [3.8, 4) is 0 Å². The van der Waals surface area contributed by atoms with Gasteiger partial charge in [0.05, 0.1) is 18.3 Å². The van der Waals surface area contributed by atoms with Crippen molar-refractivity contribution in [2.75, 3.05) is 13.6 Å². The molecule has 2 N–H and O–H groups in total. The van der Waals surface area contributed by atoms with Crippen LogP contribution in [-0.2, 0) is 4.79 Å². The van der Waals surface area contributed by atoms with Gasteiger partial charge in [-0.3, -0.25) is 9.78 Å². The molecule has 0 radical (unpaired) electrons. The number of hydrogen-bond donors (Lipinski definition) is 2. The first kappa shape index (κ1) is 19.9. The van der Waals surface area contributed by atoms with E-state index in [1.54, 1.807) is 18.1 Å². The number of rotatable bonds is 6. The van der Waals surface area contributed by atoms with Crippen molar-refractivity contribution in [1.29, 1.82) is 0 Å². The van der Waals surface area contributed by atoms with Crippen molar-refractivity contribution in [3.63, 3.8) is 0 Å². The molecule has 1 aliphatic rings. The van der Waals surface area contributed by atoms with Gasteiger partial charge in [-0.2, -0.15) is 0 Å². The van der Waals surface area contributed by atoms with E-state index < -0.39 is 0 Å². The second-order valence-electron chi connectivity index (χ2n) is 7.23. The minimum atomic E-state index is -0.307. The first-order valence-electron chi connectivity index (χ1n) is 9.91. The summed E-state index contributed by atoms with van der Waals surface area (Å²) in [7, 11) is 1.75. The van der Waals surface area contributed by atoms with Crippen molar-refractivity contribution in [1.82, 2.24) is 20.5 Å². The van der Waals surface area contributed by atoms with Gasteiger partial charge in [0.15, 0.2) is 0 Å². The third-order valence-corrected chi connectivity index (χ3v) is 5.20. The number of benzene rings is 1. The Morgan fingerprint density at radius 3 is 2.46 bits per heavy atom. The van der Waals surface area contributed by atoms with Crippen LogP contribution in [0.5, 0.6) is 0 Å². The normalized spacial score (nSPS) is 15.5. The summed E-state index contributed by atoms with van der Waals surface area (Å²) in [5.41, 5.74) is 1.76. The predicted octanol–water partition coefficient (Wildman–Crippen LogP) is 3.26. The van der Waals surface area contributed by atoms with Gasteiger partial charge < -0.3 is 15.5 Å². The molecule has 28 heavy (non-hydrogen) atoms. The number of likely N-dealkylation sites (N-methyl/N-ethyl adjacent to an activating group) is 1. The molecule has 148 valence electrons. The molecule has 1 aromatic heterocycles. The smallest absolute Gasteiger partial charge is 0.315 e. The summed E-state index contributed by atoms with van der Waals surface area (Å²) in [5.74, 6) is -0.168. The molecule has 0 aliphatic heterocycles. The Bertz CT molecular complexity index is 721. The van der Waals surface area contributed by atoms with E-state index in [0.29, 0.717) is 0 Å². The Labute approximate surface area is 166 Å². The summed E-state index contributed by atoms with van der Waals surface area (Å²) in [6, 6.07) is 15.1. The van der Waals surface area contributed by atoms with Gasteiger partial charge in [-0.1, -0.05) is 55.7 Å². The first-order valence-corrected chi connectivity index (χ1v) is 9.91. The number of carbonyl (C=O) groups is 2. The molecule has 0 unspecified atom stereocenters. The highest BCUT2D eigenvalue weighted by Crippen LogP contribution is 2.25. The van der Waals surface area contributed by atoms with E-state index in [0.717, 1.165) is 36.9 Å². The average molecular weight is 380 g/mol. The van der Waals surface area contributed by atoms with Crippen LogP contribution < -0.4 is 10.6 Å². The van der Waals surface area contributed by atoms with Gasteiger partial charge in [-0.25, -0.2) is 4.79 Å². The van der Waals surface area contributed by atoms with Gasteiger partial charge in [0.1, 0.15) is 0 Å². The Hall–Kier alpha value is -2.89. The number of hydrogen-bond acceptors (Lipinski definition) is 3. The quantitative estimate of drug-likeness (QED) is 0.808. The number of pyridine rings is 1. The van der Waals surface area contributed by atoms with Crippen LogP contribution >= 0.6 is 0 Å². The number of aromatic nitrogens is 1. The van der Waals surface area contributed by atoms with Crippen LogP contribution in [-0.4, -0.2) is 41.5 Å². The standard InChI is InChI=1S/C22H28N4O2/c1-26(20(27)16-24-22(28)25-18-12-6-3-7-13-18)21(17-10-4-2-5-11-17)19-14-8-9-15-23-19/h2,4-5,8-11,14-15,18,21H,3,6-7,12-13,16H2,1H3,(H2,24,25,28)/t21-/m1/s1. The van der Waals surface area contributed by atoms with E-state index in [-0.39, 0.29) is 30.6 Å². The SMILES string of the molecule is CN(C(=O)CNC(=O)NC1CCCCC1)[C@H](c1ccccc1)c1ccccn1. The topological polar surface area (TPSA) is 74.3 Å². The molecule has 3 rings (SSSR count). The fourth-order valence-electron chi connectivity index (χ4n) is 3.67. The molecule has 6 heteroatoms. The number of nitrogens with one attached hydrogen (secondary N) is 2. The number of carbonyl (C=O) groups excluding carboxylic acids is 2. The average Bonchev–Trinajstić information content (AvgIpc) is 2.74. The highest BCUT2D eigenvalue weighted by molar-refractivity contribution is 5.84. The lowest BCUT2D eigenvalue weighted by molar-refractivity contribution is -0.130. The molecule has 3 amide bonds. The van der Waals surface area contributed by atoms with E-state index in [2.05, 4.69) is 15.6 Å². The van der Waals surface area contributed by atoms with Crippen LogP contribution in [0.4, 0.5) is 4.79 Å². The van der Waals surface area contributed by atoms with Crippen LogP contribution in [0, 0.1) is 0 Å². The minimum Gasteiger partial charge on any atom is -0.335 e. The molecule has 1 heterocycles.